The lowest BCUT2D eigenvalue weighted by Gasteiger charge is -2.28. The average Bonchev–Trinajstić information content (AvgIpc) is 2.22. The molecule has 0 saturated carbocycles. The number of rotatable bonds is 6. The van der Waals surface area contributed by atoms with Crippen molar-refractivity contribution in [1.29, 1.82) is 0 Å². The summed E-state index contributed by atoms with van der Waals surface area (Å²) < 4.78 is 0. The van der Waals surface area contributed by atoms with Crippen LogP contribution >= 0.6 is 0 Å². The van der Waals surface area contributed by atoms with Crippen molar-refractivity contribution in [2.75, 3.05) is 6.54 Å². The molecule has 18 heavy (non-hydrogen) atoms. The van der Waals surface area contributed by atoms with Crippen molar-refractivity contribution in [3.8, 4) is 0 Å². The highest BCUT2D eigenvalue weighted by Gasteiger charge is 2.20. The maximum atomic E-state index is 11.8. The summed E-state index contributed by atoms with van der Waals surface area (Å²) in [6, 6.07) is -0.478. The van der Waals surface area contributed by atoms with Crippen molar-refractivity contribution < 1.29 is 19.5 Å². The molecule has 6 heteroatoms. The van der Waals surface area contributed by atoms with Crippen molar-refractivity contribution in [3.63, 3.8) is 0 Å². The number of carboxylic acids is 1. The molecule has 0 aliphatic carbocycles. The number of carbonyl (C=O) groups excluding carboxylic acids is 2. The van der Waals surface area contributed by atoms with E-state index in [9.17, 15) is 14.4 Å². The van der Waals surface area contributed by atoms with Gasteiger partial charge in [0.25, 0.3) is 0 Å². The molecule has 0 heterocycles. The fraction of sp³-hybridized carbons (Fsp3) is 0.750. The fourth-order valence-electron chi connectivity index (χ4n) is 1.40. The minimum absolute atomic E-state index is 0.0142. The van der Waals surface area contributed by atoms with Crippen LogP contribution in [-0.4, -0.2) is 40.5 Å². The lowest BCUT2D eigenvalue weighted by atomic mass is 10.2. The molecule has 0 fully saturated rings. The maximum Gasteiger partial charge on any atom is 0.324 e. The monoisotopic (exact) mass is 258 g/mol. The van der Waals surface area contributed by atoms with Crippen LogP contribution in [0.15, 0.2) is 0 Å². The number of imide groups is 1. The van der Waals surface area contributed by atoms with Gasteiger partial charge in [-0.25, -0.2) is 4.79 Å². The number of urea groups is 1. The molecule has 0 aromatic rings. The van der Waals surface area contributed by atoms with E-state index < -0.39 is 17.9 Å². The summed E-state index contributed by atoms with van der Waals surface area (Å²) in [6.07, 6.45) is -0.459. The summed E-state index contributed by atoms with van der Waals surface area (Å²) in [7, 11) is 0. The molecule has 0 aromatic carbocycles. The number of hydrogen-bond donors (Lipinski definition) is 2. The summed E-state index contributed by atoms with van der Waals surface area (Å²) in [5.41, 5.74) is 0. The topological polar surface area (TPSA) is 86.7 Å². The van der Waals surface area contributed by atoms with Gasteiger partial charge < -0.3 is 10.0 Å². The minimum Gasteiger partial charge on any atom is -0.481 e. The van der Waals surface area contributed by atoms with Gasteiger partial charge in [-0.15, -0.1) is 0 Å². The van der Waals surface area contributed by atoms with Gasteiger partial charge >= 0.3 is 12.0 Å². The smallest absolute Gasteiger partial charge is 0.324 e. The number of carbonyl (C=O) groups is 3. The summed E-state index contributed by atoms with van der Waals surface area (Å²) in [6.45, 7) is 8.24. The molecular weight excluding hydrogens is 236 g/mol. The lowest BCUT2D eigenvalue weighted by Crippen LogP contribution is -2.47. The van der Waals surface area contributed by atoms with Gasteiger partial charge in [0.15, 0.2) is 0 Å². The van der Waals surface area contributed by atoms with Crippen LogP contribution in [-0.2, 0) is 9.59 Å². The van der Waals surface area contributed by atoms with Crippen LogP contribution in [0.3, 0.4) is 0 Å². The number of amides is 3. The second-order valence-corrected chi connectivity index (χ2v) is 4.89. The molecule has 0 aliphatic rings. The Hall–Kier alpha value is -1.59. The van der Waals surface area contributed by atoms with Gasteiger partial charge in [0.2, 0.25) is 5.91 Å². The van der Waals surface area contributed by atoms with E-state index in [1.54, 1.807) is 4.90 Å². The molecule has 0 saturated heterocycles. The first kappa shape index (κ1) is 16.4. The van der Waals surface area contributed by atoms with Gasteiger partial charge in [-0.1, -0.05) is 13.8 Å². The van der Waals surface area contributed by atoms with Gasteiger partial charge in [0.05, 0.1) is 6.42 Å². The molecule has 0 bridgehead atoms. The zero-order valence-corrected chi connectivity index (χ0v) is 11.4. The van der Waals surface area contributed by atoms with E-state index in [0.717, 1.165) is 0 Å². The van der Waals surface area contributed by atoms with E-state index in [-0.39, 0.29) is 18.9 Å². The third-order valence-corrected chi connectivity index (χ3v) is 2.26. The zero-order valence-electron chi connectivity index (χ0n) is 11.4. The highest BCUT2D eigenvalue weighted by atomic mass is 16.4. The van der Waals surface area contributed by atoms with Crippen molar-refractivity contribution >= 4 is 17.9 Å². The molecule has 0 unspecified atom stereocenters. The van der Waals surface area contributed by atoms with E-state index in [1.807, 2.05) is 27.7 Å². The van der Waals surface area contributed by atoms with Gasteiger partial charge in [0.1, 0.15) is 0 Å². The molecule has 0 atom stereocenters. The standard InChI is InChI=1S/C12H22N2O4/c1-8(2)7-14(9(3)4)12(18)13-10(15)5-6-11(16)17/h8-9H,5-7H2,1-4H3,(H,16,17)(H,13,15,18). The Bertz CT molecular complexity index is 313. The van der Waals surface area contributed by atoms with Crippen LogP contribution in [0.1, 0.15) is 40.5 Å². The highest BCUT2D eigenvalue weighted by molar-refractivity contribution is 5.95. The van der Waals surface area contributed by atoms with Crippen LogP contribution in [0.2, 0.25) is 0 Å². The normalized spacial score (nSPS) is 10.6. The fourth-order valence-corrected chi connectivity index (χ4v) is 1.40. The third kappa shape index (κ3) is 6.88. The summed E-state index contributed by atoms with van der Waals surface area (Å²) in [4.78, 5) is 35.0. The molecule has 2 N–H and O–H groups in total. The minimum atomic E-state index is -1.06. The van der Waals surface area contributed by atoms with E-state index in [1.165, 1.54) is 0 Å². The first-order valence-corrected chi connectivity index (χ1v) is 6.06. The van der Waals surface area contributed by atoms with Crippen LogP contribution < -0.4 is 5.32 Å². The summed E-state index contributed by atoms with van der Waals surface area (Å²) in [5.74, 6) is -1.32. The Morgan fingerprint density at radius 2 is 1.67 bits per heavy atom. The van der Waals surface area contributed by atoms with Gasteiger partial charge in [-0.05, 0) is 19.8 Å². The number of carboxylic acid groups (broad SMARTS) is 1. The number of hydrogen-bond acceptors (Lipinski definition) is 3. The Morgan fingerprint density at radius 3 is 2.06 bits per heavy atom. The SMILES string of the molecule is CC(C)CN(C(=O)NC(=O)CCC(=O)O)C(C)C. The van der Waals surface area contributed by atoms with E-state index >= 15 is 0 Å². The first-order valence-electron chi connectivity index (χ1n) is 6.06. The molecule has 104 valence electrons. The van der Waals surface area contributed by atoms with Crippen LogP contribution in [0.5, 0.6) is 0 Å². The van der Waals surface area contributed by atoms with Crippen molar-refractivity contribution in [2.24, 2.45) is 5.92 Å². The Morgan fingerprint density at radius 1 is 1.11 bits per heavy atom. The van der Waals surface area contributed by atoms with Crippen LogP contribution in [0, 0.1) is 5.92 Å². The predicted octanol–water partition coefficient (Wildman–Crippen LogP) is 1.45. The van der Waals surface area contributed by atoms with Crippen molar-refractivity contribution in [2.45, 2.75) is 46.6 Å². The van der Waals surface area contributed by atoms with Gasteiger partial charge in [0, 0.05) is 19.0 Å². The molecule has 0 aliphatic heterocycles. The van der Waals surface area contributed by atoms with Gasteiger partial charge in [-0.3, -0.25) is 14.9 Å². The second-order valence-electron chi connectivity index (χ2n) is 4.89. The Kier molecular flexibility index (Phi) is 7.00. The number of nitrogens with zero attached hydrogens (tertiary/aromatic N) is 1. The molecule has 0 spiro atoms. The molecule has 0 aromatic heterocycles. The highest BCUT2D eigenvalue weighted by Crippen LogP contribution is 2.04. The molecular formula is C12H22N2O4. The average molecular weight is 258 g/mol. The summed E-state index contributed by atoms with van der Waals surface area (Å²) >= 11 is 0. The van der Waals surface area contributed by atoms with Crippen LogP contribution in [0.4, 0.5) is 4.79 Å². The van der Waals surface area contributed by atoms with E-state index in [2.05, 4.69) is 5.32 Å². The predicted molar refractivity (Wildman–Crippen MR) is 67.1 cm³/mol. The zero-order chi connectivity index (χ0) is 14.3. The van der Waals surface area contributed by atoms with Crippen molar-refractivity contribution in [1.82, 2.24) is 10.2 Å². The molecule has 3 amide bonds. The van der Waals surface area contributed by atoms with Crippen molar-refractivity contribution in [3.05, 3.63) is 0 Å². The molecule has 6 nitrogen and oxygen atoms in total. The largest absolute Gasteiger partial charge is 0.481 e. The van der Waals surface area contributed by atoms with E-state index in [4.69, 9.17) is 5.11 Å². The lowest BCUT2D eigenvalue weighted by molar-refractivity contribution is -0.138. The molecule has 0 rings (SSSR count). The van der Waals surface area contributed by atoms with Gasteiger partial charge in [-0.2, -0.15) is 0 Å². The first-order chi connectivity index (χ1) is 8.23. The third-order valence-electron chi connectivity index (χ3n) is 2.26. The quantitative estimate of drug-likeness (QED) is 0.755. The second kappa shape index (κ2) is 7.68. The molecule has 0 radical (unpaired) electrons. The number of nitrogens with one attached hydrogen (secondary N) is 1. The Labute approximate surface area is 107 Å². The number of aliphatic carboxylic acids is 1. The van der Waals surface area contributed by atoms with E-state index in [0.29, 0.717) is 12.5 Å². The summed E-state index contributed by atoms with van der Waals surface area (Å²) in [5, 5.41) is 10.6. The van der Waals surface area contributed by atoms with Crippen LogP contribution in [0.25, 0.3) is 0 Å². The maximum absolute atomic E-state index is 11.8. The Balaban J connectivity index is 4.33.